The average Bonchev–Trinajstić information content (AvgIpc) is 3.08. The molecular weight excluding hydrogens is 386 g/mol. The average molecular weight is 418 g/mol. The van der Waals surface area contributed by atoms with E-state index in [1.54, 1.807) is 23.1 Å². The van der Waals surface area contributed by atoms with E-state index in [-0.39, 0.29) is 5.91 Å². The molecule has 2 heterocycles. The van der Waals surface area contributed by atoms with Crippen molar-refractivity contribution in [3.8, 4) is 0 Å². The van der Waals surface area contributed by atoms with Crippen LogP contribution in [0.5, 0.6) is 0 Å². The van der Waals surface area contributed by atoms with Crippen molar-refractivity contribution in [2.24, 2.45) is 11.8 Å². The summed E-state index contributed by atoms with van der Waals surface area (Å²) in [7, 11) is 0. The van der Waals surface area contributed by atoms with Gasteiger partial charge in [0.05, 0.1) is 16.3 Å². The highest BCUT2D eigenvalue weighted by atomic mass is 32.2. The van der Waals surface area contributed by atoms with E-state index >= 15 is 0 Å². The van der Waals surface area contributed by atoms with E-state index in [1.165, 1.54) is 19.5 Å². The van der Waals surface area contributed by atoms with Gasteiger partial charge >= 0.3 is 0 Å². The summed E-state index contributed by atoms with van der Waals surface area (Å²) in [6.45, 7) is 10.9. The van der Waals surface area contributed by atoms with Gasteiger partial charge in [0.2, 0.25) is 0 Å². The molecular formula is C22H31N3OS2. The molecule has 1 aliphatic heterocycles. The maximum absolute atomic E-state index is 12.7. The van der Waals surface area contributed by atoms with Crippen molar-refractivity contribution in [2.75, 3.05) is 26.2 Å². The zero-order chi connectivity index (χ0) is 19.9. The number of carbonyl (C=O) groups excluding carboxylic acids is 1. The van der Waals surface area contributed by atoms with Crippen molar-refractivity contribution in [1.29, 1.82) is 0 Å². The molecule has 2 unspecified atom stereocenters. The van der Waals surface area contributed by atoms with Gasteiger partial charge in [0.15, 0.2) is 0 Å². The minimum Gasteiger partial charge on any atom is -0.352 e. The van der Waals surface area contributed by atoms with Crippen molar-refractivity contribution < 1.29 is 4.79 Å². The normalized spacial score (nSPS) is 20.2. The number of nitrogens with zero attached hydrogens (tertiary/aromatic N) is 2. The SMILES string of the molecule is Cc1nc(CSc2ccccc2C(=O)NCCCN2CC(C)CC(C)C2)cs1. The van der Waals surface area contributed by atoms with Crippen molar-refractivity contribution in [3.63, 3.8) is 0 Å². The predicted molar refractivity (Wildman–Crippen MR) is 119 cm³/mol. The number of hydrogen-bond acceptors (Lipinski definition) is 5. The van der Waals surface area contributed by atoms with E-state index in [0.717, 1.165) is 58.3 Å². The van der Waals surface area contributed by atoms with Crippen LogP contribution in [0.1, 0.15) is 47.7 Å². The van der Waals surface area contributed by atoms with Crippen LogP contribution in [0.2, 0.25) is 0 Å². The summed E-state index contributed by atoms with van der Waals surface area (Å²) in [6, 6.07) is 7.86. The number of benzene rings is 1. The third-order valence-electron chi connectivity index (χ3n) is 5.05. The first-order chi connectivity index (χ1) is 13.5. The van der Waals surface area contributed by atoms with E-state index in [0.29, 0.717) is 0 Å². The molecule has 4 nitrogen and oxygen atoms in total. The highest BCUT2D eigenvalue weighted by molar-refractivity contribution is 7.98. The molecule has 2 atom stereocenters. The number of amides is 1. The molecule has 1 saturated heterocycles. The van der Waals surface area contributed by atoms with Crippen LogP contribution in [0.15, 0.2) is 34.5 Å². The molecule has 152 valence electrons. The number of rotatable bonds is 8. The van der Waals surface area contributed by atoms with Crippen LogP contribution in [0, 0.1) is 18.8 Å². The van der Waals surface area contributed by atoms with Crippen LogP contribution in [0.3, 0.4) is 0 Å². The fourth-order valence-corrected chi connectivity index (χ4v) is 5.64. The molecule has 1 amide bonds. The Morgan fingerprint density at radius 3 is 2.75 bits per heavy atom. The topological polar surface area (TPSA) is 45.2 Å². The van der Waals surface area contributed by atoms with Gasteiger partial charge in [-0.15, -0.1) is 23.1 Å². The summed E-state index contributed by atoms with van der Waals surface area (Å²) in [4.78, 5) is 20.8. The second kappa shape index (κ2) is 10.4. The highest BCUT2D eigenvalue weighted by Crippen LogP contribution is 2.27. The molecule has 1 aliphatic rings. The molecule has 0 radical (unpaired) electrons. The number of likely N-dealkylation sites (tertiary alicyclic amines) is 1. The third-order valence-corrected chi connectivity index (χ3v) is 6.98. The standard InChI is InChI=1S/C22H31N3OS2/c1-16-11-17(2)13-25(12-16)10-6-9-23-22(26)20-7-4-5-8-21(20)28-15-19-14-27-18(3)24-19/h4-5,7-8,14,16-17H,6,9-13,15H2,1-3H3,(H,23,26). The molecule has 3 rings (SSSR count). The number of aryl methyl sites for hydroxylation is 1. The van der Waals surface area contributed by atoms with E-state index < -0.39 is 0 Å². The quantitative estimate of drug-likeness (QED) is 0.493. The van der Waals surface area contributed by atoms with Crippen LogP contribution in [-0.2, 0) is 5.75 Å². The van der Waals surface area contributed by atoms with Gasteiger partial charge in [0, 0.05) is 35.7 Å². The largest absolute Gasteiger partial charge is 0.352 e. The van der Waals surface area contributed by atoms with Gasteiger partial charge in [0.1, 0.15) is 0 Å². The van der Waals surface area contributed by atoms with Crippen LogP contribution >= 0.6 is 23.1 Å². The molecule has 1 aromatic heterocycles. The minimum absolute atomic E-state index is 0.0259. The lowest BCUT2D eigenvalue weighted by Crippen LogP contribution is -2.40. The first-order valence-electron chi connectivity index (χ1n) is 10.1. The van der Waals surface area contributed by atoms with Crippen LogP contribution in [0.25, 0.3) is 0 Å². The molecule has 1 fully saturated rings. The first-order valence-corrected chi connectivity index (χ1v) is 12.0. The summed E-state index contributed by atoms with van der Waals surface area (Å²) in [6.07, 6.45) is 2.33. The molecule has 2 aromatic rings. The Morgan fingerprint density at radius 1 is 1.29 bits per heavy atom. The van der Waals surface area contributed by atoms with Gasteiger partial charge in [-0.3, -0.25) is 4.79 Å². The van der Waals surface area contributed by atoms with Gasteiger partial charge in [-0.2, -0.15) is 0 Å². The molecule has 0 bridgehead atoms. The van der Waals surface area contributed by atoms with Gasteiger partial charge in [0.25, 0.3) is 5.91 Å². The molecule has 0 spiro atoms. The van der Waals surface area contributed by atoms with Gasteiger partial charge in [-0.25, -0.2) is 4.98 Å². The Balaban J connectivity index is 1.46. The first kappa shape index (κ1) is 21.3. The van der Waals surface area contributed by atoms with Gasteiger partial charge < -0.3 is 10.2 Å². The number of carbonyl (C=O) groups is 1. The number of thiazole rings is 1. The maximum atomic E-state index is 12.7. The van der Waals surface area contributed by atoms with Crippen LogP contribution in [0.4, 0.5) is 0 Å². The Morgan fingerprint density at radius 2 is 2.04 bits per heavy atom. The van der Waals surface area contributed by atoms with E-state index in [1.807, 2.05) is 31.2 Å². The smallest absolute Gasteiger partial charge is 0.252 e. The minimum atomic E-state index is 0.0259. The summed E-state index contributed by atoms with van der Waals surface area (Å²) in [5.74, 6) is 2.38. The Bertz CT molecular complexity index is 767. The van der Waals surface area contributed by atoms with Crippen LogP contribution in [-0.4, -0.2) is 42.0 Å². The fourth-order valence-electron chi connectivity index (χ4n) is 3.98. The second-order valence-corrected chi connectivity index (χ2v) is 10.0. The lowest BCUT2D eigenvalue weighted by molar-refractivity contribution is 0.0944. The fraction of sp³-hybridized carbons (Fsp3) is 0.545. The Kier molecular flexibility index (Phi) is 7.94. The number of piperidine rings is 1. The molecule has 0 saturated carbocycles. The molecule has 1 aromatic carbocycles. The maximum Gasteiger partial charge on any atom is 0.252 e. The molecule has 6 heteroatoms. The monoisotopic (exact) mass is 417 g/mol. The summed E-state index contributed by atoms with van der Waals surface area (Å²) < 4.78 is 0. The van der Waals surface area contributed by atoms with Crippen molar-refractivity contribution in [1.82, 2.24) is 15.2 Å². The molecule has 28 heavy (non-hydrogen) atoms. The van der Waals surface area contributed by atoms with Gasteiger partial charge in [-0.05, 0) is 50.3 Å². The molecule has 1 N–H and O–H groups in total. The Labute approximate surface area is 177 Å². The van der Waals surface area contributed by atoms with Crippen molar-refractivity contribution in [2.45, 2.75) is 44.3 Å². The van der Waals surface area contributed by atoms with Gasteiger partial charge in [-0.1, -0.05) is 26.0 Å². The summed E-state index contributed by atoms with van der Waals surface area (Å²) in [5, 5.41) is 6.28. The van der Waals surface area contributed by atoms with E-state index in [4.69, 9.17) is 0 Å². The van der Waals surface area contributed by atoms with Crippen molar-refractivity contribution in [3.05, 3.63) is 45.9 Å². The third kappa shape index (κ3) is 6.33. The Hall–Kier alpha value is -1.37. The lowest BCUT2D eigenvalue weighted by Gasteiger charge is -2.34. The van der Waals surface area contributed by atoms with E-state index in [9.17, 15) is 4.79 Å². The second-order valence-electron chi connectivity index (χ2n) is 7.96. The summed E-state index contributed by atoms with van der Waals surface area (Å²) in [5.41, 5.74) is 1.84. The number of thioether (sulfide) groups is 1. The summed E-state index contributed by atoms with van der Waals surface area (Å²) >= 11 is 3.35. The number of aromatic nitrogens is 1. The van der Waals surface area contributed by atoms with Crippen LogP contribution < -0.4 is 5.32 Å². The zero-order valence-electron chi connectivity index (χ0n) is 17.1. The highest BCUT2D eigenvalue weighted by Gasteiger charge is 2.21. The zero-order valence-corrected chi connectivity index (χ0v) is 18.7. The molecule has 0 aliphatic carbocycles. The number of nitrogens with one attached hydrogen (secondary N) is 1. The van der Waals surface area contributed by atoms with E-state index in [2.05, 4.69) is 34.4 Å². The number of hydrogen-bond donors (Lipinski definition) is 1. The lowest BCUT2D eigenvalue weighted by atomic mass is 9.92. The predicted octanol–water partition coefficient (Wildman–Crippen LogP) is 4.84. The van der Waals surface area contributed by atoms with Crippen molar-refractivity contribution >= 4 is 29.0 Å².